The first kappa shape index (κ1) is 42.9. The van der Waals surface area contributed by atoms with Gasteiger partial charge in [-0.25, -0.2) is 0 Å². The third kappa shape index (κ3) is 8.92. The Morgan fingerprint density at radius 3 is 0.620 bits per heavy atom. The molecule has 0 atom stereocenters. The van der Waals surface area contributed by atoms with Crippen LogP contribution in [-0.4, -0.2) is 0 Å². The van der Waals surface area contributed by atoms with E-state index in [9.17, 15) is 0 Å². The van der Waals surface area contributed by atoms with E-state index in [-0.39, 0.29) is 0 Å². The first-order valence-electron chi connectivity index (χ1n) is 24.2. The molecule has 0 unspecified atom stereocenters. The highest BCUT2D eigenvalue weighted by Gasteiger charge is 2.17. The van der Waals surface area contributed by atoms with Gasteiger partial charge in [0.2, 0.25) is 0 Å². The van der Waals surface area contributed by atoms with E-state index in [1.165, 1.54) is 43.8 Å². The van der Waals surface area contributed by atoms with E-state index in [1.807, 2.05) is 0 Å². The lowest BCUT2D eigenvalue weighted by Gasteiger charge is -2.26. The van der Waals surface area contributed by atoms with E-state index in [0.29, 0.717) is 0 Å². The van der Waals surface area contributed by atoms with Crippen LogP contribution in [-0.2, 0) is 0 Å². The molecule has 0 amide bonds. The molecule has 0 aliphatic rings. The Hall–Kier alpha value is -9.44. The molecule has 3 nitrogen and oxygen atoms in total. The summed E-state index contributed by atoms with van der Waals surface area (Å²) in [5.41, 5.74) is 17.0. The summed E-state index contributed by atoms with van der Waals surface area (Å²) in [5.74, 6) is 0. The molecule has 0 heterocycles. The standard InChI is InChI=1S/C68H49N3/c1-4-18-60(19-5-1)69(64-40-30-56(31-41-64)57-34-44-66(45-35-57)71(62-22-8-3-9-23-62)68-47-37-51-15-11-13-17-59(51)49-68)63-38-28-54(29-39-63)52-24-26-53(27-25-52)55-32-42-65(43-33-55)70(61-20-6-2-7-21-61)67-46-36-50-14-10-12-16-58(50)48-67/h1-49H. The predicted molar refractivity (Wildman–Crippen MR) is 302 cm³/mol. The summed E-state index contributed by atoms with van der Waals surface area (Å²) in [7, 11) is 0. The zero-order valence-corrected chi connectivity index (χ0v) is 39.1. The second kappa shape index (κ2) is 19.3. The fourth-order valence-corrected chi connectivity index (χ4v) is 9.77. The first-order valence-corrected chi connectivity index (χ1v) is 24.2. The Morgan fingerprint density at radius 2 is 0.338 bits per heavy atom. The lowest BCUT2D eigenvalue weighted by Crippen LogP contribution is -2.10. The first-order chi connectivity index (χ1) is 35.2. The average molecular weight is 908 g/mol. The highest BCUT2D eigenvalue weighted by molar-refractivity contribution is 5.91. The Balaban J connectivity index is 0.774. The van der Waals surface area contributed by atoms with Crippen LogP contribution in [0.1, 0.15) is 0 Å². The lowest BCUT2D eigenvalue weighted by molar-refractivity contribution is 1.28. The van der Waals surface area contributed by atoms with Crippen LogP contribution in [0.15, 0.2) is 297 Å². The van der Waals surface area contributed by atoms with Gasteiger partial charge in [-0.05, 0) is 164 Å². The van der Waals surface area contributed by atoms with Crippen LogP contribution in [0.3, 0.4) is 0 Å². The third-order valence-corrected chi connectivity index (χ3v) is 13.4. The van der Waals surface area contributed by atoms with Gasteiger partial charge in [-0.3, -0.25) is 0 Å². The summed E-state index contributed by atoms with van der Waals surface area (Å²) in [5, 5.41) is 4.91. The number of para-hydroxylation sites is 3. The van der Waals surface area contributed by atoms with E-state index in [4.69, 9.17) is 0 Å². The molecule has 0 N–H and O–H groups in total. The molecular weight excluding hydrogens is 859 g/mol. The van der Waals surface area contributed by atoms with Crippen molar-refractivity contribution in [1.82, 2.24) is 0 Å². The van der Waals surface area contributed by atoms with Crippen molar-refractivity contribution in [3.05, 3.63) is 297 Å². The number of hydrogen-bond acceptors (Lipinski definition) is 3. The second-order valence-corrected chi connectivity index (χ2v) is 17.8. The number of hydrogen-bond donors (Lipinski definition) is 0. The van der Waals surface area contributed by atoms with Crippen molar-refractivity contribution in [2.24, 2.45) is 0 Å². The van der Waals surface area contributed by atoms with Gasteiger partial charge in [-0.1, -0.05) is 188 Å². The molecule has 0 saturated heterocycles. The van der Waals surface area contributed by atoms with Crippen molar-refractivity contribution in [3.63, 3.8) is 0 Å². The van der Waals surface area contributed by atoms with Crippen molar-refractivity contribution in [3.8, 4) is 33.4 Å². The summed E-state index contributed by atoms with van der Waals surface area (Å²) in [6.45, 7) is 0. The lowest BCUT2D eigenvalue weighted by atomic mass is 9.99. The normalized spacial score (nSPS) is 11.1. The molecular formula is C68H49N3. The molecule has 3 heteroatoms. The summed E-state index contributed by atoms with van der Waals surface area (Å²) < 4.78 is 0. The van der Waals surface area contributed by atoms with Crippen LogP contribution in [0.5, 0.6) is 0 Å². The molecule has 71 heavy (non-hydrogen) atoms. The van der Waals surface area contributed by atoms with Crippen LogP contribution in [0, 0.1) is 0 Å². The Bertz CT molecular complexity index is 3710. The monoisotopic (exact) mass is 907 g/mol. The van der Waals surface area contributed by atoms with Gasteiger partial charge in [0.05, 0.1) is 0 Å². The SMILES string of the molecule is c1ccc(N(c2ccc(-c3ccc(-c4ccc(N(c5ccccc5)c5ccc6ccccc6c5)cc4)cc3)cc2)c2ccc(-c3ccc(N(c4ccccc4)c4ccc5ccccc5c4)cc3)cc2)cc1. The van der Waals surface area contributed by atoms with Crippen molar-refractivity contribution in [2.45, 2.75) is 0 Å². The maximum Gasteiger partial charge on any atom is 0.0468 e. The summed E-state index contributed by atoms with van der Waals surface area (Å²) in [6, 6.07) is 107. The largest absolute Gasteiger partial charge is 0.311 e. The van der Waals surface area contributed by atoms with E-state index >= 15 is 0 Å². The molecule has 0 spiro atoms. The van der Waals surface area contributed by atoms with E-state index in [1.54, 1.807) is 0 Å². The molecule has 12 aromatic carbocycles. The Labute approximate surface area is 416 Å². The number of anilines is 9. The van der Waals surface area contributed by atoms with Crippen LogP contribution >= 0.6 is 0 Å². The van der Waals surface area contributed by atoms with Gasteiger partial charge < -0.3 is 14.7 Å². The summed E-state index contributed by atoms with van der Waals surface area (Å²) in [4.78, 5) is 6.97. The van der Waals surface area contributed by atoms with Crippen LogP contribution in [0.2, 0.25) is 0 Å². The molecule has 0 radical (unpaired) electrons. The second-order valence-electron chi connectivity index (χ2n) is 17.8. The highest BCUT2D eigenvalue weighted by atomic mass is 15.2. The molecule has 0 bridgehead atoms. The van der Waals surface area contributed by atoms with Crippen molar-refractivity contribution in [2.75, 3.05) is 14.7 Å². The Morgan fingerprint density at radius 1 is 0.141 bits per heavy atom. The molecule has 12 rings (SSSR count). The van der Waals surface area contributed by atoms with Gasteiger partial charge in [-0.2, -0.15) is 0 Å². The molecule has 336 valence electrons. The predicted octanol–water partition coefficient (Wildman–Crippen LogP) is 19.4. The number of benzene rings is 12. The van der Waals surface area contributed by atoms with Gasteiger partial charge >= 0.3 is 0 Å². The third-order valence-electron chi connectivity index (χ3n) is 13.4. The van der Waals surface area contributed by atoms with Crippen molar-refractivity contribution in [1.29, 1.82) is 0 Å². The minimum Gasteiger partial charge on any atom is -0.311 e. The van der Waals surface area contributed by atoms with Crippen LogP contribution in [0.25, 0.3) is 54.9 Å². The molecule has 0 aromatic heterocycles. The van der Waals surface area contributed by atoms with Gasteiger partial charge in [0.25, 0.3) is 0 Å². The van der Waals surface area contributed by atoms with Crippen molar-refractivity contribution >= 4 is 72.7 Å². The van der Waals surface area contributed by atoms with Crippen LogP contribution in [0.4, 0.5) is 51.2 Å². The van der Waals surface area contributed by atoms with Gasteiger partial charge in [-0.15, -0.1) is 0 Å². The molecule has 12 aromatic rings. The fourth-order valence-electron chi connectivity index (χ4n) is 9.77. The molecule has 0 saturated carbocycles. The summed E-state index contributed by atoms with van der Waals surface area (Å²) in [6.07, 6.45) is 0. The number of fused-ring (bicyclic) bond motifs is 2. The fraction of sp³-hybridized carbons (Fsp3) is 0. The molecule has 0 aliphatic heterocycles. The van der Waals surface area contributed by atoms with Gasteiger partial charge in [0.1, 0.15) is 0 Å². The van der Waals surface area contributed by atoms with E-state index in [2.05, 4.69) is 312 Å². The minimum absolute atomic E-state index is 1.09. The topological polar surface area (TPSA) is 9.72 Å². The molecule has 0 fully saturated rings. The molecule has 0 aliphatic carbocycles. The minimum atomic E-state index is 1.09. The quantitative estimate of drug-likeness (QED) is 0.121. The summed E-state index contributed by atoms with van der Waals surface area (Å²) >= 11 is 0. The smallest absolute Gasteiger partial charge is 0.0468 e. The highest BCUT2D eigenvalue weighted by Crippen LogP contribution is 2.41. The van der Waals surface area contributed by atoms with E-state index in [0.717, 1.165) is 62.3 Å². The van der Waals surface area contributed by atoms with E-state index < -0.39 is 0 Å². The maximum absolute atomic E-state index is 2.32. The van der Waals surface area contributed by atoms with Crippen LogP contribution < -0.4 is 14.7 Å². The maximum atomic E-state index is 2.32. The Kier molecular flexibility index (Phi) is 11.6. The van der Waals surface area contributed by atoms with Gasteiger partial charge in [0, 0.05) is 51.2 Å². The van der Waals surface area contributed by atoms with Crippen molar-refractivity contribution < 1.29 is 0 Å². The zero-order valence-electron chi connectivity index (χ0n) is 39.1. The van der Waals surface area contributed by atoms with Gasteiger partial charge in [0.15, 0.2) is 0 Å². The number of rotatable bonds is 12. The number of nitrogens with zero attached hydrogens (tertiary/aromatic N) is 3. The average Bonchev–Trinajstić information content (AvgIpc) is 3.45. The zero-order chi connectivity index (χ0) is 47.3.